The van der Waals surface area contributed by atoms with Gasteiger partial charge in [-0.2, -0.15) is 0 Å². The van der Waals surface area contributed by atoms with E-state index in [0.29, 0.717) is 17.1 Å². The molecule has 17 heavy (non-hydrogen) atoms. The van der Waals surface area contributed by atoms with E-state index in [4.69, 9.17) is 11.6 Å². The van der Waals surface area contributed by atoms with Crippen molar-refractivity contribution in [3.05, 3.63) is 54.1 Å². The van der Waals surface area contributed by atoms with E-state index in [1.54, 1.807) is 12.1 Å². The Labute approximate surface area is 104 Å². The van der Waals surface area contributed by atoms with Gasteiger partial charge in [0.2, 0.25) is 0 Å². The zero-order chi connectivity index (χ0) is 12.1. The van der Waals surface area contributed by atoms with E-state index in [2.05, 4.69) is 15.3 Å². The number of carbonyl (C=O) groups excluding carboxylic acids is 1. The molecule has 0 aliphatic carbocycles. The summed E-state index contributed by atoms with van der Waals surface area (Å²) in [6, 6.07) is 7.11. The third kappa shape index (κ3) is 3.01. The number of anilines is 1. The van der Waals surface area contributed by atoms with Gasteiger partial charge in [-0.05, 0) is 17.7 Å². The normalized spacial score (nSPS) is 9.94. The summed E-state index contributed by atoms with van der Waals surface area (Å²) >= 11 is 5.67. The molecule has 0 spiro atoms. The smallest absolute Gasteiger partial charge is 0.255 e. The first-order valence-corrected chi connectivity index (χ1v) is 5.54. The van der Waals surface area contributed by atoms with E-state index in [0.717, 1.165) is 5.56 Å². The maximum atomic E-state index is 11.8. The summed E-state index contributed by atoms with van der Waals surface area (Å²) < 4.78 is 0. The summed E-state index contributed by atoms with van der Waals surface area (Å²) in [7, 11) is 0. The molecule has 1 aromatic heterocycles. The number of aromatic nitrogens is 2. The van der Waals surface area contributed by atoms with Gasteiger partial charge >= 0.3 is 0 Å². The van der Waals surface area contributed by atoms with Crippen LogP contribution < -0.4 is 5.32 Å². The fourth-order valence-electron chi connectivity index (χ4n) is 1.31. The van der Waals surface area contributed by atoms with Crippen molar-refractivity contribution in [1.82, 2.24) is 9.97 Å². The van der Waals surface area contributed by atoms with Crippen LogP contribution in [0.3, 0.4) is 0 Å². The number of hydrogen-bond donors (Lipinski definition) is 1. The topological polar surface area (TPSA) is 54.9 Å². The zero-order valence-corrected chi connectivity index (χ0v) is 9.69. The minimum Gasteiger partial charge on any atom is -0.319 e. The largest absolute Gasteiger partial charge is 0.319 e. The van der Waals surface area contributed by atoms with Gasteiger partial charge in [0.1, 0.15) is 6.33 Å². The average Bonchev–Trinajstić information content (AvgIpc) is 2.40. The number of hydrogen-bond acceptors (Lipinski definition) is 3. The predicted octanol–water partition coefficient (Wildman–Crippen LogP) is 2.47. The van der Waals surface area contributed by atoms with Crippen LogP contribution in [0.2, 0.25) is 0 Å². The van der Waals surface area contributed by atoms with Crippen molar-refractivity contribution in [3.8, 4) is 0 Å². The standard InChI is InChI=1S/C12H10ClN3O/c13-5-9-1-3-10(4-2-9)12(17)16-11-6-14-8-15-7-11/h1-4,6-8H,5H2,(H,16,17). The first-order chi connectivity index (χ1) is 8.29. The molecule has 0 saturated carbocycles. The highest BCUT2D eigenvalue weighted by molar-refractivity contribution is 6.17. The van der Waals surface area contributed by atoms with Gasteiger partial charge in [-0.25, -0.2) is 9.97 Å². The predicted molar refractivity (Wildman–Crippen MR) is 66.0 cm³/mol. The second-order valence-corrected chi connectivity index (χ2v) is 3.68. The number of amides is 1. The van der Waals surface area contributed by atoms with Crippen LogP contribution in [0.4, 0.5) is 5.69 Å². The highest BCUT2D eigenvalue weighted by Gasteiger charge is 2.05. The fraction of sp³-hybridized carbons (Fsp3) is 0.0833. The molecule has 1 heterocycles. The van der Waals surface area contributed by atoms with Crippen LogP contribution >= 0.6 is 11.6 Å². The molecule has 0 unspecified atom stereocenters. The molecule has 0 aliphatic heterocycles. The van der Waals surface area contributed by atoms with Crippen molar-refractivity contribution in [2.75, 3.05) is 5.32 Å². The molecule has 5 heteroatoms. The van der Waals surface area contributed by atoms with Crippen molar-refractivity contribution in [3.63, 3.8) is 0 Å². The molecule has 1 amide bonds. The number of halogens is 1. The van der Waals surface area contributed by atoms with Gasteiger partial charge in [0, 0.05) is 11.4 Å². The van der Waals surface area contributed by atoms with Crippen molar-refractivity contribution >= 4 is 23.2 Å². The molecule has 0 saturated heterocycles. The third-order valence-corrected chi connectivity index (χ3v) is 2.50. The summed E-state index contributed by atoms with van der Waals surface area (Å²) in [4.78, 5) is 19.4. The molecule has 86 valence electrons. The number of nitrogens with zero attached hydrogens (tertiary/aromatic N) is 2. The lowest BCUT2D eigenvalue weighted by Crippen LogP contribution is -2.12. The SMILES string of the molecule is O=C(Nc1cncnc1)c1ccc(CCl)cc1. The lowest BCUT2D eigenvalue weighted by Gasteiger charge is -2.04. The van der Waals surface area contributed by atoms with Gasteiger partial charge in [0.25, 0.3) is 5.91 Å². The highest BCUT2D eigenvalue weighted by Crippen LogP contribution is 2.09. The summed E-state index contributed by atoms with van der Waals surface area (Å²) in [6.07, 6.45) is 4.49. The molecule has 0 bridgehead atoms. The van der Waals surface area contributed by atoms with Crippen LogP contribution in [0.5, 0.6) is 0 Å². The Morgan fingerprint density at radius 3 is 2.41 bits per heavy atom. The number of rotatable bonds is 3. The van der Waals surface area contributed by atoms with Crippen LogP contribution in [-0.2, 0) is 5.88 Å². The first-order valence-electron chi connectivity index (χ1n) is 5.01. The maximum absolute atomic E-state index is 11.8. The lowest BCUT2D eigenvalue weighted by atomic mass is 10.1. The Morgan fingerprint density at radius 1 is 1.18 bits per heavy atom. The Bertz CT molecular complexity index is 499. The molecular weight excluding hydrogens is 238 g/mol. The Morgan fingerprint density at radius 2 is 1.82 bits per heavy atom. The number of nitrogens with one attached hydrogen (secondary N) is 1. The van der Waals surface area contributed by atoms with Crippen molar-refractivity contribution < 1.29 is 4.79 Å². The van der Waals surface area contributed by atoms with Gasteiger partial charge < -0.3 is 5.32 Å². The molecule has 1 aromatic carbocycles. The number of benzene rings is 1. The summed E-state index contributed by atoms with van der Waals surface area (Å²) in [6.45, 7) is 0. The minimum atomic E-state index is -0.194. The Kier molecular flexibility index (Phi) is 3.67. The van der Waals surface area contributed by atoms with E-state index in [9.17, 15) is 4.79 Å². The summed E-state index contributed by atoms with van der Waals surface area (Å²) in [5.74, 6) is 0.245. The van der Waals surface area contributed by atoms with Crippen LogP contribution in [0.25, 0.3) is 0 Å². The van der Waals surface area contributed by atoms with Gasteiger partial charge in [-0.15, -0.1) is 11.6 Å². The third-order valence-electron chi connectivity index (χ3n) is 2.19. The van der Waals surface area contributed by atoms with Crippen LogP contribution in [0.15, 0.2) is 43.0 Å². The molecule has 2 rings (SSSR count). The molecule has 1 N–H and O–H groups in total. The molecular formula is C12H10ClN3O. The minimum absolute atomic E-state index is 0.194. The first kappa shape index (κ1) is 11.5. The highest BCUT2D eigenvalue weighted by atomic mass is 35.5. The van der Waals surface area contributed by atoms with Crippen LogP contribution in [0, 0.1) is 0 Å². The van der Waals surface area contributed by atoms with Crippen molar-refractivity contribution in [2.24, 2.45) is 0 Å². The molecule has 0 fully saturated rings. The molecule has 2 aromatic rings. The Hall–Kier alpha value is -1.94. The van der Waals surface area contributed by atoms with Gasteiger partial charge in [-0.3, -0.25) is 4.79 Å². The average molecular weight is 248 g/mol. The lowest BCUT2D eigenvalue weighted by molar-refractivity contribution is 0.102. The second kappa shape index (κ2) is 5.41. The zero-order valence-electron chi connectivity index (χ0n) is 8.93. The van der Waals surface area contributed by atoms with E-state index in [1.165, 1.54) is 18.7 Å². The maximum Gasteiger partial charge on any atom is 0.255 e. The van der Waals surface area contributed by atoms with E-state index in [1.807, 2.05) is 12.1 Å². The second-order valence-electron chi connectivity index (χ2n) is 3.41. The van der Waals surface area contributed by atoms with Gasteiger partial charge in [0.15, 0.2) is 0 Å². The number of carbonyl (C=O) groups is 1. The van der Waals surface area contributed by atoms with Gasteiger partial charge in [-0.1, -0.05) is 12.1 Å². The quantitative estimate of drug-likeness (QED) is 0.848. The molecule has 0 aliphatic rings. The van der Waals surface area contributed by atoms with E-state index >= 15 is 0 Å². The monoisotopic (exact) mass is 247 g/mol. The van der Waals surface area contributed by atoms with Crippen LogP contribution in [-0.4, -0.2) is 15.9 Å². The van der Waals surface area contributed by atoms with Crippen LogP contribution in [0.1, 0.15) is 15.9 Å². The van der Waals surface area contributed by atoms with Gasteiger partial charge in [0.05, 0.1) is 18.1 Å². The molecule has 4 nitrogen and oxygen atoms in total. The molecule has 0 radical (unpaired) electrons. The molecule has 0 atom stereocenters. The Balaban J connectivity index is 2.09. The number of alkyl halides is 1. The van der Waals surface area contributed by atoms with Crippen molar-refractivity contribution in [2.45, 2.75) is 5.88 Å². The summed E-state index contributed by atoms with van der Waals surface area (Å²) in [5, 5.41) is 2.70. The van der Waals surface area contributed by atoms with E-state index < -0.39 is 0 Å². The van der Waals surface area contributed by atoms with Crippen molar-refractivity contribution in [1.29, 1.82) is 0 Å². The fourth-order valence-corrected chi connectivity index (χ4v) is 1.49. The van der Waals surface area contributed by atoms with E-state index in [-0.39, 0.29) is 5.91 Å². The summed E-state index contributed by atoms with van der Waals surface area (Å²) in [5.41, 5.74) is 2.12.